The minimum atomic E-state index is -0.642. The first kappa shape index (κ1) is 19.5. The fourth-order valence-electron chi connectivity index (χ4n) is 5.76. The van der Waals surface area contributed by atoms with Gasteiger partial charge < -0.3 is 0 Å². The van der Waals surface area contributed by atoms with Crippen LogP contribution in [0.1, 0.15) is 42.4 Å². The van der Waals surface area contributed by atoms with Gasteiger partial charge in [-0.1, -0.05) is 37.3 Å². The molecule has 2 aliphatic carbocycles. The highest BCUT2D eigenvalue weighted by Crippen LogP contribution is 2.56. The van der Waals surface area contributed by atoms with Crippen molar-refractivity contribution in [2.45, 2.75) is 38.5 Å². The molecule has 31 heavy (non-hydrogen) atoms. The largest absolute Gasteiger partial charge is 0.298 e. The van der Waals surface area contributed by atoms with Crippen LogP contribution in [0.25, 0.3) is 11.3 Å². The van der Waals surface area contributed by atoms with E-state index in [4.69, 9.17) is 9.97 Å². The van der Waals surface area contributed by atoms with Crippen molar-refractivity contribution in [3.8, 4) is 17.3 Å². The normalized spacial score (nSPS) is 27.1. The van der Waals surface area contributed by atoms with Crippen molar-refractivity contribution in [1.29, 1.82) is 5.26 Å². The second-order valence-corrected chi connectivity index (χ2v) is 8.63. The van der Waals surface area contributed by atoms with Gasteiger partial charge in [-0.15, -0.1) is 0 Å². The van der Waals surface area contributed by atoms with E-state index in [2.05, 4.69) is 28.2 Å². The zero-order valence-electron chi connectivity index (χ0n) is 17.6. The average molecular weight is 409 g/mol. The van der Waals surface area contributed by atoms with E-state index >= 15 is 0 Å². The molecule has 2 aliphatic rings. The predicted molar refractivity (Wildman–Crippen MR) is 115 cm³/mol. The van der Waals surface area contributed by atoms with E-state index in [-0.39, 0.29) is 17.6 Å². The third-order valence-electron chi connectivity index (χ3n) is 7.08. The number of aromatic nitrogens is 4. The van der Waals surface area contributed by atoms with Gasteiger partial charge in [0.1, 0.15) is 18.1 Å². The molecule has 0 bridgehead atoms. The van der Waals surface area contributed by atoms with Crippen molar-refractivity contribution in [2.24, 2.45) is 17.8 Å². The summed E-state index contributed by atoms with van der Waals surface area (Å²) >= 11 is 0. The zero-order chi connectivity index (χ0) is 21.6. The summed E-state index contributed by atoms with van der Waals surface area (Å²) in [5, 5.41) is 9.85. The van der Waals surface area contributed by atoms with Crippen molar-refractivity contribution in [1.82, 2.24) is 19.9 Å². The Morgan fingerprint density at radius 1 is 1.13 bits per heavy atom. The molecule has 0 saturated heterocycles. The molecule has 0 aliphatic heterocycles. The van der Waals surface area contributed by atoms with Gasteiger partial charge in [0.05, 0.1) is 17.5 Å². The van der Waals surface area contributed by atoms with E-state index in [9.17, 15) is 10.1 Å². The van der Waals surface area contributed by atoms with Crippen LogP contribution in [0.5, 0.6) is 0 Å². The molecule has 1 fully saturated rings. The number of ketones is 1. The van der Waals surface area contributed by atoms with Crippen LogP contribution in [0.15, 0.2) is 49.1 Å². The van der Waals surface area contributed by atoms with E-state index < -0.39 is 11.3 Å². The van der Waals surface area contributed by atoms with E-state index in [1.54, 1.807) is 12.4 Å². The third-order valence-corrected chi connectivity index (χ3v) is 7.08. The molecule has 4 atom stereocenters. The number of nitrogens with zero attached hydrogens (tertiary/aromatic N) is 5. The fourth-order valence-corrected chi connectivity index (χ4v) is 5.76. The molecule has 2 heterocycles. The first-order valence-electron chi connectivity index (χ1n) is 10.7. The van der Waals surface area contributed by atoms with Crippen LogP contribution in [-0.2, 0) is 16.6 Å². The summed E-state index contributed by atoms with van der Waals surface area (Å²) in [6.45, 7) is 3.88. The number of Topliss-reactive ketones (excluding diaryl/α,β-unsaturated/α-hetero) is 1. The highest BCUT2D eigenvalue weighted by molar-refractivity contribution is 5.87. The summed E-state index contributed by atoms with van der Waals surface area (Å²) < 4.78 is 0. The molecule has 6 nitrogen and oxygen atoms in total. The smallest absolute Gasteiger partial charge is 0.153 e. The Balaban J connectivity index is 1.83. The molecular weight excluding hydrogens is 386 g/mol. The zero-order valence-corrected chi connectivity index (χ0v) is 17.6. The SMILES string of the molecule is Cc1nc(-c2cncnc2)c2c(n1)[C@@]1(c3ccccc3)CC(C#N)C(=O)[C@@H](C)[C@@H]1CC2. The van der Waals surface area contributed by atoms with Crippen LogP contribution in [0.3, 0.4) is 0 Å². The summed E-state index contributed by atoms with van der Waals surface area (Å²) in [6, 6.07) is 12.6. The topological polar surface area (TPSA) is 92.4 Å². The Morgan fingerprint density at radius 2 is 1.87 bits per heavy atom. The monoisotopic (exact) mass is 409 g/mol. The van der Waals surface area contributed by atoms with Crippen LogP contribution in [0.4, 0.5) is 0 Å². The number of benzene rings is 1. The molecule has 1 saturated carbocycles. The van der Waals surface area contributed by atoms with Gasteiger partial charge in [-0.25, -0.2) is 19.9 Å². The quantitative estimate of drug-likeness (QED) is 0.638. The molecule has 0 N–H and O–H groups in total. The second kappa shape index (κ2) is 7.35. The maximum Gasteiger partial charge on any atom is 0.153 e. The lowest BCUT2D eigenvalue weighted by atomic mass is 9.51. The van der Waals surface area contributed by atoms with E-state index in [0.717, 1.165) is 40.9 Å². The number of rotatable bonds is 2. The molecule has 0 spiro atoms. The molecule has 5 rings (SSSR count). The van der Waals surface area contributed by atoms with Crippen molar-refractivity contribution in [2.75, 3.05) is 0 Å². The number of aryl methyl sites for hydroxylation is 1. The maximum absolute atomic E-state index is 13.0. The Kier molecular flexibility index (Phi) is 4.62. The lowest BCUT2D eigenvalue weighted by molar-refractivity contribution is -0.131. The van der Waals surface area contributed by atoms with Crippen molar-refractivity contribution in [3.63, 3.8) is 0 Å². The van der Waals surface area contributed by atoms with E-state index in [0.29, 0.717) is 12.2 Å². The van der Waals surface area contributed by atoms with Crippen LogP contribution in [0, 0.1) is 36.0 Å². The molecule has 1 aromatic carbocycles. The predicted octanol–water partition coefficient (Wildman–Crippen LogP) is 3.84. The minimum absolute atomic E-state index is 0.0602. The maximum atomic E-state index is 13.0. The molecule has 3 aromatic rings. The summed E-state index contributed by atoms with van der Waals surface area (Å²) in [4.78, 5) is 31.1. The van der Waals surface area contributed by atoms with Gasteiger partial charge in [-0.2, -0.15) is 5.26 Å². The van der Waals surface area contributed by atoms with Crippen LogP contribution in [-0.4, -0.2) is 25.7 Å². The Bertz CT molecular complexity index is 1190. The van der Waals surface area contributed by atoms with Gasteiger partial charge in [0, 0.05) is 34.9 Å². The van der Waals surface area contributed by atoms with E-state index in [1.165, 1.54) is 6.33 Å². The fraction of sp³-hybridized carbons (Fsp3) is 0.360. The number of carbonyl (C=O) groups excluding carboxylic acids is 1. The summed E-state index contributed by atoms with van der Waals surface area (Å²) in [6.07, 6.45) is 7.16. The van der Waals surface area contributed by atoms with Gasteiger partial charge in [0.25, 0.3) is 0 Å². The first-order chi connectivity index (χ1) is 15.1. The third kappa shape index (κ3) is 2.88. The Labute approximate surface area is 181 Å². The Hall–Kier alpha value is -3.46. The summed E-state index contributed by atoms with van der Waals surface area (Å²) in [7, 11) is 0. The van der Waals surface area contributed by atoms with Crippen LogP contribution in [0.2, 0.25) is 0 Å². The van der Waals surface area contributed by atoms with Gasteiger partial charge in [0.2, 0.25) is 0 Å². The molecular formula is C25H23N5O. The van der Waals surface area contributed by atoms with Crippen molar-refractivity contribution < 1.29 is 4.79 Å². The van der Waals surface area contributed by atoms with Crippen molar-refractivity contribution in [3.05, 3.63) is 71.7 Å². The standard InChI is InChI=1S/C25H23N5O/c1-15-21-9-8-20-22(18-12-27-14-28-13-18)29-16(2)30-24(20)25(21,10-17(11-26)23(15)31)19-6-4-3-5-7-19/h3-7,12-15,17,21H,8-10H2,1-2H3/t15-,17?,21-,25+/m0/s1. The number of nitriles is 1. The van der Waals surface area contributed by atoms with Gasteiger partial charge in [-0.3, -0.25) is 4.79 Å². The lowest BCUT2D eigenvalue weighted by Crippen LogP contribution is -2.53. The Morgan fingerprint density at radius 3 is 2.58 bits per heavy atom. The highest BCUT2D eigenvalue weighted by Gasteiger charge is 2.56. The number of carbonyl (C=O) groups is 1. The molecule has 154 valence electrons. The lowest BCUT2D eigenvalue weighted by Gasteiger charge is -2.51. The number of hydrogen-bond donors (Lipinski definition) is 0. The summed E-state index contributed by atoms with van der Waals surface area (Å²) in [5.41, 5.74) is 4.38. The molecule has 0 amide bonds. The molecule has 1 unspecified atom stereocenters. The van der Waals surface area contributed by atoms with Gasteiger partial charge in [-0.05, 0) is 37.7 Å². The number of hydrogen-bond acceptors (Lipinski definition) is 6. The van der Waals surface area contributed by atoms with E-state index in [1.807, 2.05) is 32.0 Å². The van der Waals surface area contributed by atoms with Crippen molar-refractivity contribution >= 4 is 5.78 Å². The highest BCUT2D eigenvalue weighted by atomic mass is 16.1. The average Bonchev–Trinajstić information content (AvgIpc) is 2.81. The van der Waals surface area contributed by atoms with Gasteiger partial charge >= 0.3 is 0 Å². The second-order valence-electron chi connectivity index (χ2n) is 8.63. The summed E-state index contributed by atoms with van der Waals surface area (Å²) in [5.74, 6) is -0.0213. The molecule has 2 aromatic heterocycles. The molecule has 6 heteroatoms. The molecule has 0 radical (unpaired) electrons. The number of fused-ring (bicyclic) bond motifs is 3. The van der Waals surface area contributed by atoms with Gasteiger partial charge in [0.15, 0.2) is 5.78 Å². The first-order valence-corrected chi connectivity index (χ1v) is 10.7. The van der Waals surface area contributed by atoms with Crippen LogP contribution < -0.4 is 0 Å². The minimum Gasteiger partial charge on any atom is -0.298 e. The van der Waals surface area contributed by atoms with Crippen LogP contribution >= 0.6 is 0 Å².